The van der Waals surface area contributed by atoms with Crippen LogP contribution in [0.4, 0.5) is 0 Å². The van der Waals surface area contributed by atoms with E-state index in [1.165, 1.54) is 10.1 Å². The standard InChI is InChI=1S/C10H15ClSSi/c1-12-9-4-6-10(7-5-9)13(2,3)8-11/h4-7H,8H2,1-3H3. The zero-order valence-electron chi connectivity index (χ0n) is 8.30. The topological polar surface area (TPSA) is 0 Å². The van der Waals surface area contributed by atoms with Crippen LogP contribution < -0.4 is 5.19 Å². The van der Waals surface area contributed by atoms with E-state index >= 15 is 0 Å². The normalized spacial score (nSPS) is 11.7. The van der Waals surface area contributed by atoms with Crippen molar-refractivity contribution in [1.29, 1.82) is 0 Å². The molecule has 0 aliphatic heterocycles. The number of rotatable bonds is 3. The third kappa shape index (κ3) is 2.76. The van der Waals surface area contributed by atoms with Crippen LogP contribution in [0.2, 0.25) is 13.1 Å². The van der Waals surface area contributed by atoms with E-state index in [4.69, 9.17) is 11.6 Å². The van der Waals surface area contributed by atoms with Gasteiger partial charge in [-0.05, 0) is 18.4 Å². The second-order valence-corrected chi connectivity index (χ2v) is 10.0. The SMILES string of the molecule is CSc1ccc([Si](C)(C)CCl)cc1. The summed E-state index contributed by atoms with van der Waals surface area (Å²) < 4.78 is 0. The van der Waals surface area contributed by atoms with Gasteiger partial charge in [0.25, 0.3) is 0 Å². The number of halogens is 1. The molecule has 0 amide bonds. The maximum Gasteiger partial charge on any atom is 0.0959 e. The second-order valence-electron chi connectivity index (χ2n) is 3.75. The van der Waals surface area contributed by atoms with Crippen molar-refractivity contribution in [2.24, 2.45) is 0 Å². The number of hydrogen-bond donors (Lipinski definition) is 0. The lowest BCUT2D eigenvalue weighted by molar-refractivity contribution is 1.48. The van der Waals surface area contributed by atoms with E-state index < -0.39 is 8.07 Å². The molecule has 3 heteroatoms. The molecule has 13 heavy (non-hydrogen) atoms. The summed E-state index contributed by atoms with van der Waals surface area (Å²) in [6.07, 6.45) is 2.10. The zero-order chi connectivity index (χ0) is 9.90. The minimum atomic E-state index is -1.33. The highest BCUT2D eigenvalue weighted by atomic mass is 35.5. The molecule has 0 nitrogen and oxygen atoms in total. The van der Waals surface area contributed by atoms with E-state index in [1.54, 1.807) is 11.8 Å². The molecule has 0 spiro atoms. The van der Waals surface area contributed by atoms with Gasteiger partial charge in [-0.1, -0.05) is 30.4 Å². The van der Waals surface area contributed by atoms with Gasteiger partial charge in [0, 0.05) is 10.4 Å². The molecule has 0 bridgehead atoms. The van der Waals surface area contributed by atoms with Crippen LogP contribution in [-0.2, 0) is 0 Å². The predicted molar refractivity (Wildman–Crippen MR) is 66.1 cm³/mol. The first kappa shape index (κ1) is 11.2. The highest BCUT2D eigenvalue weighted by molar-refractivity contribution is 7.98. The highest BCUT2D eigenvalue weighted by Gasteiger charge is 2.21. The number of benzene rings is 1. The van der Waals surface area contributed by atoms with Crippen LogP contribution in [0.25, 0.3) is 0 Å². The van der Waals surface area contributed by atoms with Crippen LogP contribution in [0, 0.1) is 0 Å². The van der Waals surface area contributed by atoms with Gasteiger partial charge >= 0.3 is 0 Å². The Bertz CT molecular complexity index is 269. The lowest BCUT2D eigenvalue weighted by atomic mass is 10.4. The first-order valence-electron chi connectivity index (χ1n) is 4.30. The number of hydrogen-bond acceptors (Lipinski definition) is 1. The molecular formula is C10H15ClSSi. The first-order chi connectivity index (χ1) is 6.10. The lowest BCUT2D eigenvalue weighted by Crippen LogP contribution is -2.43. The van der Waals surface area contributed by atoms with Gasteiger partial charge in [0.1, 0.15) is 0 Å². The Morgan fingerprint density at radius 2 is 1.77 bits per heavy atom. The van der Waals surface area contributed by atoms with Crippen molar-refractivity contribution in [3.63, 3.8) is 0 Å². The van der Waals surface area contributed by atoms with Crippen LogP contribution in [0.15, 0.2) is 29.2 Å². The fraction of sp³-hybridized carbons (Fsp3) is 0.400. The van der Waals surface area contributed by atoms with Crippen molar-refractivity contribution in [1.82, 2.24) is 0 Å². The number of thioether (sulfide) groups is 1. The van der Waals surface area contributed by atoms with Gasteiger partial charge < -0.3 is 0 Å². The van der Waals surface area contributed by atoms with Gasteiger partial charge in [0.2, 0.25) is 0 Å². The molecule has 0 saturated heterocycles. The summed E-state index contributed by atoms with van der Waals surface area (Å²) in [7, 11) is -1.33. The monoisotopic (exact) mass is 230 g/mol. The van der Waals surface area contributed by atoms with Crippen LogP contribution in [-0.4, -0.2) is 19.8 Å². The summed E-state index contributed by atoms with van der Waals surface area (Å²) in [5.41, 5.74) is 0.797. The van der Waals surface area contributed by atoms with Gasteiger partial charge in [0.05, 0.1) is 8.07 Å². The minimum Gasteiger partial charge on any atom is -0.130 e. The molecule has 1 aromatic carbocycles. The van der Waals surface area contributed by atoms with E-state index in [1.807, 2.05) is 0 Å². The quantitative estimate of drug-likeness (QED) is 0.437. The van der Waals surface area contributed by atoms with Gasteiger partial charge in [0.15, 0.2) is 0 Å². The van der Waals surface area contributed by atoms with E-state index in [2.05, 4.69) is 43.6 Å². The number of alkyl halides is 1. The van der Waals surface area contributed by atoms with Crippen LogP contribution >= 0.6 is 23.4 Å². The Kier molecular flexibility index (Phi) is 3.89. The zero-order valence-corrected chi connectivity index (χ0v) is 10.9. The van der Waals surface area contributed by atoms with Crippen LogP contribution in [0.1, 0.15) is 0 Å². The molecule has 0 aliphatic rings. The average molecular weight is 231 g/mol. The van der Waals surface area contributed by atoms with E-state index in [9.17, 15) is 0 Å². The predicted octanol–water partition coefficient (Wildman–Crippen LogP) is 3.10. The minimum absolute atomic E-state index is 0.797. The Morgan fingerprint density at radius 3 is 2.15 bits per heavy atom. The van der Waals surface area contributed by atoms with Crippen LogP contribution in [0.5, 0.6) is 0 Å². The summed E-state index contributed by atoms with van der Waals surface area (Å²) in [6, 6.07) is 8.81. The molecule has 0 heterocycles. The van der Waals surface area contributed by atoms with Crippen molar-refractivity contribution < 1.29 is 0 Å². The summed E-state index contributed by atoms with van der Waals surface area (Å²) in [6.45, 7) is 4.60. The molecule has 0 radical (unpaired) electrons. The highest BCUT2D eigenvalue weighted by Crippen LogP contribution is 2.14. The Morgan fingerprint density at radius 1 is 1.23 bits per heavy atom. The molecule has 0 aliphatic carbocycles. The van der Waals surface area contributed by atoms with Crippen molar-refractivity contribution in [2.75, 3.05) is 11.8 Å². The van der Waals surface area contributed by atoms with Crippen LogP contribution in [0.3, 0.4) is 0 Å². The smallest absolute Gasteiger partial charge is 0.0959 e. The second kappa shape index (κ2) is 4.53. The van der Waals surface area contributed by atoms with E-state index in [0.29, 0.717) is 0 Å². The molecule has 0 saturated carbocycles. The average Bonchev–Trinajstić information content (AvgIpc) is 2.18. The molecule has 1 rings (SSSR count). The third-order valence-electron chi connectivity index (χ3n) is 2.21. The van der Waals surface area contributed by atoms with Crippen molar-refractivity contribution in [3.05, 3.63) is 24.3 Å². The Labute approximate surface area is 90.7 Å². The van der Waals surface area contributed by atoms with Gasteiger partial charge in [-0.25, -0.2) is 0 Å². The molecule has 0 atom stereocenters. The Balaban J connectivity index is 2.92. The summed E-state index contributed by atoms with van der Waals surface area (Å²) >= 11 is 7.74. The maximum atomic E-state index is 5.96. The van der Waals surface area contributed by atoms with E-state index in [0.717, 1.165) is 5.50 Å². The molecule has 1 aromatic rings. The van der Waals surface area contributed by atoms with E-state index in [-0.39, 0.29) is 0 Å². The summed E-state index contributed by atoms with van der Waals surface area (Å²) in [5.74, 6) is 0. The molecule has 72 valence electrons. The molecule has 0 fully saturated rings. The Hall–Kier alpha value is 0.0769. The fourth-order valence-corrected chi connectivity index (χ4v) is 3.21. The third-order valence-corrected chi connectivity index (χ3v) is 7.52. The maximum absolute atomic E-state index is 5.96. The lowest BCUT2D eigenvalue weighted by Gasteiger charge is -2.19. The molecule has 0 N–H and O–H groups in total. The van der Waals surface area contributed by atoms with Gasteiger partial charge in [-0.15, -0.1) is 23.4 Å². The molecular weight excluding hydrogens is 216 g/mol. The molecule has 0 unspecified atom stereocenters. The first-order valence-corrected chi connectivity index (χ1v) is 9.27. The fourth-order valence-electron chi connectivity index (χ4n) is 1.12. The van der Waals surface area contributed by atoms with Crippen molar-refractivity contribution in [3.8, 4) is 0 Å². The van der Waals surface area contributed by atoms with Gasteiger partial charge in [-0.3, -0.25) is 0 Å². The summed E-state index contributed by atoms with van der Waals surface area (Å²) in [4.78, 5) is 1.32. The largest absolute Gasteiger partial charge is 0.130 e. The van der Waals surface area contributed by atoms with Crippen molar-refractivity contribution in [2.45, 2.75) is 18.0 Å². The molecule has 0 aromatic heterocycles. The van der Waals surface area contributed by atoms with Crippen molar-refractivity contribution >= 4 is 36.6 Å². The van der Waals surface area contributed by atoms with Gasteiger partial charge in [-0.2, -0.15) is 0 Å². The summed E-state index contributed by atoms with van der Waals surface area (Å²) in [5, 5.41) is 1.44.